The van der Waals surface area contributed by atoms with Crippen LogP contribution in [0, 0.1) is 0 Å². The SMILES string of the molecule is CNCCN1CCN(Cc2ccccc2)C[C@H]1C. The van der Waals surface area contributed by atoms with E-state index < -0.39 is 0 Å². The molecular weight excluding hydrogens is 222 g/mol. The Hall–Kier alpha value is -0.900. The molecule has 0 saturated carbocycles. The second-order valence-electron chi connectivity index (χ2n) is 5.21. The van der Waals surface area contributed by atoms with Crippen molar-refractivity contribution in [2.75, 3.05) is 39.8 Å². The first-order valence-corrected chi connectivity index (χ1v) is 6.94. The molecule has 2 rings (SSSR count). The largest absolute Gasteiger partial charge is 0.318 e. The molecule has 0 aromatic heterocycles. The highest BCUT2D eigenvalue weighted by Gasteiger charge is 2.22. The van der Waals surface area contributed by atoms with Crippen molar-refractivity contribution in [1.29, 1.82) is 0 Å². The van der Waals surface area contributed by atoms with Gasteiger partial charge in [0.15, 0.2) is 0 Å². The van der Waals surface area contributed by atoms with Gasteiger partial charge in [-0.3, -0.25) is 9.80 Å². The fourth-order valence-electron chi connectivity index (χ4n) is 2.64. The molecule has 0 aliphatic carbocycles. The number of piperazine rings is 1. The third kappa shape index (κ3) is 3.80. The van der Waals surface area contributed by atoms with Crippen molar-refractivity contribution in [3.8, 4) is 0 Å². The van der Waals surface area contributed by atoms with Gasteiger partial charge in [-0.05, 0) is 19.5 Å². The molecule has 1 fully saturated rings. The van der Waals surface area contributed by atoms with Crippen molar-refractivity contribution < 1.29 is 0 Å². The Kier molecular flexibility index (Phi) is 5.17. The first-order valence-electron chi connectivity index (χ1n) is 6.94. The van der Waals surface area contributed by atoms with Gasteiger partial charge in [0.2, 0.25) is 0 Å². The van der Waals surface area contributed by atoms with Crippen molar-refractivity contribution in [3.63, 3.8) is 0 Å². The summed E-state index contributed by atoms with van der Waals surface area (Å²) in [6, 6.07) is 11.4. The Labute approximate surface area is 111 Å². The maximum atomic E-state index is 3.23. The summed E-state index contributed by atoms with van der Waals surface area (Å²) in [6.45, 7) is 9.23. The maximum Gasteiger partial charge on any atom is 0.0234 e. The zero-order valence-corrected chi connectivity index (χ0v) is 11.6. The normalized spacial score (nSPS) is 22.2. The van der Waals surface area contributed by atoms with E-state index in [4.69, 9.17) is 0 Å². The Morgan fingerprint density at radius 3 is 2.67 bits per heavy atom. The van der Waals surface area contributed by atoms with Crippen LogP contribution in [0.15, 0.2) is 30.3 Å². The number of benzene rings is 1. The van der Waals surface area contributed by atoms with E-state index in [2.05, 4.69) is 52.4 Å². The molecule has 0 unspecified atom stereocenters. The van der Waals surface area contributed by atoms with Crippen LogP contribution in [0.25, 0.3) is 0 Å². The number of rotatable bonds is 5. The molecule has 1 aliphatic rings. The van der Waals surface area contributed by atoms with Gasteiger partial charge in [0.25, 0.3) is 0 Å². The second kappa shape index (κ2) is 6.88. The molecule has 1 heterocycles. The van der Waals surface area contributed by atoms with Gasteiger partial charge in [-0.2, -0.15) is 0 Å². The van der Waals surface area contributed by atoms with E-state index in [1.807, 2.05) is 7.05 Å². The molecule has 0 amide bonds. The second-order valence-corrected chi connectivity index (χ2v) is 5.21. The number of nitrogens with one attached hydrogen (secondary N) is 1. The molecule has 18 heavy (non-hydrogen) atoms. The molecule has 1 aromatic rings. The lowest BCUT2D eigenvalue weighted by molar-refractivity contribution is 0.0801. The lowest BCUT2D eigenvalue weighted by atomic mass is 10.1. The van der Waals surface area contributed by atoms with Crippen molar-refractivity contribution in [2.45, 2.75) is 19.5 Å². The van der Waals surface area contributed by atoms with Crippen LogP contribution in [0.5, 0.6) is 0 Å². The molecule has 0 bridgehead atoms. The highest BCUT2D eigenvalue weighted by molar-refractivity contribution is 5.14. The average Bonchev–Trinajstić information content (AvgIpc) is 2.39. The van der Waals surface area contributed by atoms with Gasteiger partial charge in [0, 0.05) is 45.3 Å². The Balaban J connectivity index is 1.81. The molecule has 1 atom stereocenters. The number of nitrogens with zero attached hydrogens (tertiary/aromatic N) is 2. The summed E-state index contributed by atoms with van der Waals surface area (Å²) in [6.07, 6.45) is 0. The quantitative estimate of drug-likeness (QED) is 0.849. The standard InChI is InChI=1S/C15H25N3/c1-14-12-17(10-11-18(14)9-8-16-2)13-15-6-4-3-5-7-15/h3-7,14,16H,8-13H2,1-2H3/t14-/m1/s1. The summed E-state index contributed by atoms with van der Waals surface area (Å²) >= 11 is 0. The minimum absolute atomic E-state index is 0.663. The van der Waals surface area contributed by atoms with E-state index in [-0.39, 0.29) is 0 Å². The predicted molar refractivity (Wildman–Crippen MR) is 76.7 cm³/mol. The first-order chi connectivity index (χ1) is 8.79. The molecule has 1 saturated heterocycles. The van der Waals surface area contributed by atoms with Crippen molar-refractivity contribution in [1.82, 2.24) is 15.1 Å². The highest BCUT2D eigenvalue weighted by Crippen LogP contribution is 2.12. The molecule has 1 N–H and O–H groups in total. The zero-order valence-electron chi connectivity index (χ0n) is 11.6. The van der Waals surface area contributed by atoms with Crippen LogP contribution in [-0.2, 0) is 6.54 Å². The van der Waals surface area contributed by atoms with E-state index in [1.54, 1.807) is 0 Å². The molecule has 0 radical (unpaired) electrons. The van der Waals surface area contributed by atoms with Gasteiger partial charge in [-0.15, -0.1) is 0 Å². The number of hydrogen-bond acceptors (Lipinski definition) is 3. The topological polar surface area (TPSA) is 18.5 Å². The van der Waals surface area contributed by atoms with E-state index in [1.165, 1.54) is 25.2 Å². The minimum atomic E-state index is 0.663. The average molecular weight is 247 g/mol. The minimum Gasteiger partial charge on any atom is -0.318 e. The van der Waals surface area contributed by atoms with Crippen LogP contribution in [0.1, 0.15) is 12.5 Å². The number of hydrogen-bond donors (Lipinski definition) is 1. The molecular formula is C15H25N3. The van der Waals surface area contributed by atoms with Crippen LogP contribution in [0.2, 0.25) is 0 Å². The predicted octanol–water partition coefficient (Wildman–Crippen LogP) is 1.41. The van der Waals surface area contributed by atoms with Crippen molar-refractivity contribution in [2.24, 2.45) is 0 Å². The maximum absolute atomic E-state index is 3.23. The van der Waals surface area contributed by atoms with Gasteiger partial charge in [0.1, 0.15) is 0 Å². The lowest BCUT2D eigenvalue weighted by Crippen LogP contribution is -2.52. The number of likely N-dealkylation sites (N-methyl/N-ethyl adjacent to an activating group) is 1. The summed E-state index contributed by atoms with van der Waals surface area (Å²) in [7, 11) is 2.02. The van der Waals surface area contributed by atoms with Gasteiger partial charge in [-0.25, -0.2) is 0 Å². The Bertz CT molecular complexity index is 339. The molecule has 100 valence electrons. The van der Waals surface area contributed by atoms with Gasteiger partial charge < -0.3 is 5.32 Å². The molecule has 3 heteroatoms. The van der Waals surface area contributed by atoms with Crippen LogP contribution < -0.4 is 5.32 Å². The summed E-state index contributed by atoms with van der Waals surface area (Å²) in [5.41, 5.74) is 1.42. The summed E-state index contributed by atoms with van der Waals surface area (Å²) in [5.74, 6) is 0. The fourth-order valence-corrected chi connectivity index (χ4v) is 2.64. The van der Waals surface area contributed by atoms with Crippen LogP contribution in [0.4, 0.5) is 0 Å². The van der Waals surface area contributed by atoms with E-state index in [0.717, 1.165) is 19.6 Å². The highest BCUT2D eigenvalue weighted by atomic mass is 15.3. The van der Waals surface area contributed by atoms with Gasteiger partial charge in [-0.1, -0.05) is 30.3 Å². The van der Waals surface area contributed by atoms with E-state index in [9.17, 15) is 0 Å². The third-order valence-corrected chi connectivity index (χ3v) is 3.75. The fraction of sp³-hybridized carbons (Fsp3) is 0.600. The summed E-state index contributed by atoms with van der Waals surface area (Å²) < 4.78 is 0. The lowest BCUT2D eigenvalue weighted by Gasteiger charge is -2.40. The van der Waals surface area contributed by atoms with Crippen LogP contribution in [-0.4, -0.2) is 55.6 Å². The van der Waals surface area contributed by atoms with E-state index in [0.29, 0.717) is 6.04 Å². The molecule has 1 aromatic carbocycles. The van der Waals surface area contributed by atoms with Gasteiger partial charge in [0.05, 0.1) is 0 Å². The van der Waals surface area contributed by atoms with Gasteiger partial charge >= 0.3 is 0 Å². The molecule has 0 spiro atoms. The van der Waals surface area contributed by atoms with Crippen LogP contribution in [0.3, 0.4) is 0 Å². The van der Waals surface area contributed by atoms with E-state index >= 15 is 0 Å². The third-order valence-electron chi connectivity index (χ3n) is 3.75. The summed E-state index contributed by atoms with van der Waals surface area (Å²) in [4.78, 5) is 5.15. The smallest absolute Gasteiger partial charge is 0.0234 e. The van der Waals surface area contributed by atoms with Crippen molar-refractivity contribution in [3.05, 3.63) is 35.9 Å². The first kappa shape index (κ1) is 13.5. The summed E-state index contributed by atoms with van der Waals surface area (Å²) in [5, 5.41) is 3.23. The zero-order chi connectivity index (χ0) is 12.8. The molecule has 1 aliphatic heterocycles. The monoisotopic (exact) mass is 247 g/mol. The Morgan fingerprint density at radius 2 is 2.00 bits per heavy atom. The Morgan fingerprint density at radius 1 is 1.22 bits per heavy atom. The molecule has 3 nitrogen and oxygen atoms in total. The van der Waals surface area contributed by atoms with Crippen LogP contribution >= 0.6 is 0 Å². The van der Waals surface area contributed by atoms with Crippen molar-refractivity contribution >= 4 is 0 Å².